The molecular weight excluding hydrogens is 534 g/mol. The van der Waals surface area contributed by atoms with Crippen LogP contribution in [-0.4, -0.2) is 7.11 Å². The summed E-state index contributed by atoms with van der Waals surface area (Å²) in [4.78, 5) is 0. The van der Waals surface area contributed by atoms with Crippen molar-refractivity contribution in [2.24, 2.45) is 5.92 Å². The number of fused-ring (bicyclic) bond motifs is 2. The average Bonchev–Trinajstić information content (AvgIpc) is 2.97. The van der Waals surface area contributed by atoms with Crippen molar-refractivity contribution in [3.63, 3.8) is 0 Å². The van der Waals surface area contributed by atoms with E-state index in [0.29, 0.717) is 5.92 Å². The molecule has 2 unspecified atom stereocenters. The summed E-state index contributed by atoms with van der Waals surface area (Å²) in [5.41, 5.74) is 5.52. The van der Waals surface area contributed by atoms with E-state index in [-0.39, 0.29) is 18.1 Å². The minimum atomic E-state index is -0.192. The van der Waals surface area contributed by atoms with E-state index >= 15 is 0 Å². The van der Waals surface area contributed by atoms with Gasteiger partial charge >= 0.3 is 0 Å². The lowest BCUT2D eigenvalue weighted by Crippen LogP contribution is -2.00. The van der Waals surface area contributed by atoms with Crippen LogP contribution in [-0.2, 0) is 21.9 Å². The molecule has 4 aromatic carbocycles. The predicted molar refractivity (Wildman–Crippen MR) is 174 cm³/mol. The van der Waals surface area contributed by atoms with Crippen molar-refractivity contribution in [1.29, 1.82) is 0 Å². The van der Waals surface area contributed by atoms with E-state index in [0.717, 1.165) is 63.1 Å². The number of hydrogen-bond acceptors (Lipinski definition) is 4. The van der Waals surface area contributed by atoms with Gasteiger partial charge in [-0.25, -0.2) is 0 Å². The summed E-state index contributed by atoms with van der Waals surface area (Å²) in [6, 6.07) is 21.5. The van der Waals surface area contributed by atoms with Gasteiger partial charge in [0.1, 0.15) is 17.3 Å². The van der Waals surface area contributed by atoms with Crippen LogP contribution < -0.4 is 9.05 Å². The van der Waals surface area contributed by atoms with Gasteiger partial charge in [-0.05, 0) is 83.0 Å². The molecule has 40 heavy (non-hydrogen) atoms. The summed E-state index contributed by atoms with van der Waals surface area (Å²) in [6.07, 6.45) is 5.83. The minimum Gasteiger partial charge on any atom is -0.449 e. The predicted octanol–water partition coefficient (Wildman–Crippen LogP) is 10.7. The quantitative estimate of drug-likeness (QED) is 0.0958. The van der Waals surface area contributed by atoms with Crippen LogP contribution in [0.5, 0.6) is 11.5 Å². The molecule has 0 spiro atoms. The first-order chi connectivity index (χ1) is 19.4. The number of benzene rings is 4. The monoisotopic (exact) mass is 574 g/mol. The number of aryl methyl sites for hydroxylation is 2. The van der Waals surface area contributed by atoms with Gasteiger partial charge in [-0.15, -0.1) is 0 Å². The normalized spacial score (nSPS) is 13.0. The largest absolute Gasteiger partial charge is 0.449 e. The van der Waals surface area contributed by atoms with E-state index in [1.807, 2.05) is 13.8 Å². The van der Waals surface area contributed by atoms with Gasteiger partial charge in [0, 0.05) is 18.2 Å². The smallest absolute Gasteiger partial charge is 0.275 e. The first-order valence-corrected chi connectivity index (χ1v) is 15.5. The first-order valence-electron chi connectivity index (χ1n) is 13.9. The standard InChI is InChI=1S/C34H40O4P2/c1-8-15-28(22(4)5)23(6)36-40-38-34-25(10-3)21-27-17-12-14-19-30(27)32(34)31-29-18-13-11-16-26(29)20-24(9-2)33(31)37-39-35-7/h8,11-22,39-40H,9-10H2,1-7H3/b15-8-,28-23-. The second kappa shape index (κ2) is 14.1. The topological polar surface area (TPSA) is 36.9 Å². The van der Waals surface area contributed by atoms with E-state index in [9.17, 15) is 0 Å². The van der Waals surface area contributed by atoms with Crippen LogP contribution in [0.3, 0.4) is 0 Å². The van der Waals surface area contributed by atoms with Crippen molar-refractivity contribution in [2.75, 3.05) is 7.11 Å². The zero-order valence-electron chi connectivity index (χ0n) is 24.6. The maximum atomic E-state index is 6.65. The Morgan fingerprint density at radius 3 is 1.75 bits per heavy atom. The first kappa shape index (κ1) is 30.1. The van der Waals surface area contributed by atoms with Crippen LogP contribution in [0.1, 0.15) is 52.7 Å². The molecule has 0 heterocycles. The zero-order chi connectivity index (χ0) is 28.6. The number of rotatable bonds is 12. The number of hydrogen-bond donors (Lipinski definition) is 0. The maximum absolute atomic E-state index is 6.65. The highest BCUT2D eigenvalue weighted by atomic mass is 31.1. The van der Waals surface area contributed by atoms with Gasteiger partial charge in [-0.1, -0.05) is 88.4 Å². The summed E-state index contributed by atoms with van der Waals surface area (Å²) in [5.74, 6) is 2.93. The van der Waals surface area contributed by atoms with Gasteiger partial charge in [0.2, 0.25) is 9.03 Å². The fourth-order valence-electron chi connectivity index (χ4n) is 5.19. The molecule has 0 aliphatic heterocycles. The molecule has 0 aliphatic rings. The van der Waals surface area contributed by atoms with E-state index in [4.69, 9.17) is 18.1 Å². The van der Waals surface area contributed by atoms with Gasteiger partial charge in [0.15, 0.2) is 0 Å². The van der Waals surface area contributed by atoms with Crippen LogP contribution in [0.2, 0.25) is 0 Å². The van der Waals surface area contributed by atoms with Crippen molar-refractivity contribution < 1.29 is 18.1 Å². The molecule has 4 aromatic rings. The van der Waals surface area contributed by atoms with Crippen molar-refractivity contribution in [3.05, 3.63) is 95.3 Å². The SMILES string of the molecule is C/C=C\C(=C(/C)OPOc1c(CC)cc2ccccc2c1-c1c(OPOC)c(CC)cc2ccccc12)C(C)C. The lowest BCUT2D eigenvalue weighted by atomic mass is 9.88. The molecule has 0 bridgehead atoms. The highest BCUT2D eigenvalue weighted by Gasteiger charge is 2.24. The summed E-state index contributed by atoms with van der Waals surface area (Å²) in [7, 11) is 1.37. The molecule has 2 atom stereocenters. The lowest BCUT2D eigenvalue weighted by Gasteiger charge is -2.23. The van der Waals surface area contributed by atoms with E-state index in [2.05, 4.69) is 101 Å². The summed E-state index contributed by atoms with van der Waals surface area (Å²) in [6.45, 7) is 12.7. The second-order valence-electron chi connectivity index (χ2n) is 9.97. The number of allylic oxidation sites excluding steroid dienone is 4. The molecule has 0 amide bonds. The van der Waals surface area contributed by atoms with Crippen molar-refractivity contribution in [2.45, 2.75) is 54.4 Å². The molecular formula is C34H40O4P2. The van der Waals surface area contributed by atoms with Gasteiger partial charge < -0.3 is 18.1 Å². The molecule has 0 aliphatic carbocycles. The van der Waals surface area contributed by atoms with E-state index in [1.165, 1.54) is 16.3 Å². The third kappa shape index (κ3) is 6.36. The van der Waals surface area contributed by atoms with Gasteiger partial charge in [-0.2, -0.15) is 0 Å². The Kier molecular flexibility index (Phi) is 10.6. The molecule has 0 saturated heterocycles. The molecule has 4 nitrogen and oxygen atoms in total. The van der Waals surface area contributed by atoms with Crippen molar-refractivity contribution >= 4 is 39.6 Å². The van der Waals surface area contributed by atoms with Crippen LogP contribution in [0.15, 0.2) is 84.1 Å². The molecule has 0 aromatic heterocycles. The fourth-order valence-corrected chi connectivity index (χ4v) is 6.19. The minimum absolute atomic E-state index is 0.109. The Balaban J connectivity index is 1.99. The van der Waals surface area contributed by atoms with Crippen molar-refractivity contribution in [1.82, 2.24) is 0 Å². The maximum Gasteiger partial charge on any atom is 0.275 e. The highest BCUT2D eigenvalue weighted by Crippen LogP contribution is 2.51. The summed E-state index contributed by atoms with van der Waals surface area (Å²) < 4.78 is 24.7. The molecule has 210 valence electrons. The van der Waals surface area contributed by atoms with E-state index in [1.54, 1.807) is 7.11 Å². The Morgan fingerprint density at radius 2 is 1.30 bits per heavy atom. The van der Waals surface area contributed by atoms with Gasteiger partial charge in [0.05, 0.1) is 0 Å². The average molecular weight is 575 g/mol. The molecule has 4 rings (SSSR count). The Morgan fingerprint density at radius 1 is 0.800 bits per heavy atom. The zero-order valence-corrected chi connectivity index (χ0v) is 26.6. The fraction of sp³-hybridized carbons (Fsp3) is 0.294. The highest BCUT2D eigenvalue weighted by molar-refractivity contribution is 7.27. The Bertz CT molecular complexity index is 1540. The molecule has 0 fully saturated rings. The van der Waals surface area contributed by atoms with Crippen molar-refractivity contribution in [3.8, 4) is 22.6 Å². The molecule has 0 radical (unpaired) electrons. The van der Waals surface area contributed by atoms with Crippen LogP contribution >= 0.6 is 18.1 Å². The lowest BCUT2D eigenvalue weighted by molar-refractivity contribution is 0.414. The Labute approximate surface area is 242 Å². The van der Waals surface area contributed by atoms with Crippen LogP contribution in [0.4, 0.5) is 0 Å². The molecule has 6 heteroatoms. The van der Waals surface area contributed by atoms with Crippen LogP contribution in [0, 0.1) is 5.92 Å². The van der Waals surface area contributed by atoms with Crippen LogP contribution in [0.25, 0.3) is 32.7 Å². The molecule has 0 saturated carbocycles. The summed E-state index contributed by atoms with van der Waals surface area (Å²) in [5, 5.41) is 4.58. The third-order valence-corrected chi connectivity index (χ3v) is 8.24. The second-order valence-corrected chi connectivity index (χ2v) is 11.3. The molecule has 0 N–H and O–H groups in total. The van der Waals surface area contributed by atoms with Gasteiger partial charge in [-0.3, -0.25) is 0 Å². The third-order valence-electron chi connectivity index (χ3n) is 7.11. The Hall–Kier alpha value is -2.90. The van der Waals surface area contributed by atoms with E-state index < -0.39 is 0 Å². The summed E-state index contributed by atoms with van der Waals surface area (Å²) >= 11 is 0. The van der Waals surface area contributed by atoms with Gasteiger partial charge in [0.25, 0.3) is 9.03 Å².